The van der Waals surface area contributed by atoms with Crippen LogP contribution in [0.4, 0.5) is 5.69 Å². The predicted octanol–water partition coefficient (Wildman–Crippen LogP) is 3.38. The molecule has 20 heavy (non-hydrogen) atoms. The lowest BCUT2D eigenvalue weighted by Crippen LogP contribution is -2.15. The van der Waals surface area contributed by atoms with Crippen LogP contribution < -0.4 is 5.32 Å². The predicted molar refractivity (Wildman–Crippen MR) is 77.1 cm³/mol. The molecule has 0 saturated carbocycles. The highest BCUT2D eigenvalue weighted by molar-refractivity contribution is 6.31. The molecule has 0 atom stereocenters. The van der Waals surface area contributed by atoms with Gasteiger partial charge in [-0.1, -0.05) is 11.6 Å². The van der Waals surface area contributed by atoms with Crippen LogP contribution in [0.5, 0.6) is 0 Å². The molecule has 5 nitrogen and oxygen atoms in total. The highest BCUT2D eigenvalue weighted by Gasteiger charge is 2.12. The summed E-state index contributed by atoms with van der Waals surface area (Å²) in [6.07, 6.45) is 1.68. The average molecular weight is 290 g/mol. The van der Waals surface area contributed by atoms with Crippen LogP contribution in [0.1, 0.15) is 16.4 Å². The Hall–Kier alpha value is -2.27. The van der Waals surface area contributed by atoms with E-state index in [0.717, 1.165) is 0 Å². The first-order valence-electron chi connectivity index (χ1n) is 6.03. The average Bonchev–Trinajstić information content (AvgIpc) is 2.90. The summed E-state index contributed by atoms with van der Waals surface area (Å²) in [6, 6.07) is 6.95. The number of aryl methyl sites for hydroxylation is 2. The second-order valence-corrected chi connectivity index (χ2v) is 4.96. The van der Waals surface area contributed by atoms with Gasteiger partial charge in [0.2, 0.25) is 0 Å². The van der Waals surface area contributed by atoms with Crippen molar-refractivity contribution in [2.24, 2.45) is 7.05 Å². The van der Waals surface area contributed by atoms with Crippen molar-refractivity contribution >= 4 is 34.3 Å². The van der Waals surface area contributed by atoms with Gasteiger partial charge in [-0.05, 0) is 24.3 Å². The highest BCUT2D eigenvalue weighted by Crippen LogP contribution is 2.21. The molecule has 0 bridgehead atoms. The summed E-state index contributed by atoms with van der Waals surface area (Å²) in [7, 11) is 1.77. The summed E-state index contributed by atoms with van der Waals surface area (Å²) in [5, 5.41) is 3.34. The maximum Gasteiger partial charge on any atom is 0.272 e. The second-order valence-electron chi connectivity index (χ2n) is 4.52. The number of carbonyl (C=O) groups is 1. The van der Waals surface area contributed by atoms with Crippen molar-refractivity contribution in [1.82, 2.24) is 9.55 Å². The molecule has 1 N–H and O–H groups in total. The minimum Gasteiger partial charge on any atom is -0.441 e. The molecule has 3 rings (SSSR count). The molecule has 2 aromatic heterocycles. The number of oxazole rings is 1. The minimum absolute atomic E-state index is 0.223. The van der Waals surface area contributed by atoms with Crippen molar-refractivity contribution in [2.45, 2.75) is 6.92 Å². The molecule has 1 amide bonds. The Morgan fingerprint density at radius 2 is 2.20 bits per heavy atom. The number of amides is 1. The van der Waals surface area contributed by atoms with E-state index in [-0.39, 0.29) is 5.91 Å². The lowest BCUT2D eigenvalue weighted by atomic mass is 10.2. The molecule has 1 aromatic carbocycles. The largest absolute Gasteiger partial charge is 0.441 e. The van der Waals surface area contributed by atoms with Gasteiger partial charge in [-0.3, -0.25) is 4.79 Å². The molecule has 0 aliphatic carbocycles. The van der Waals surface area contributed by atoms with Crippen molar-refractivity contribution in [2.75, 3.05) is 5.32 Å². The molecule has 0 spiro atoms. The van der Waals surface area contributed by atoms with Crippen LogP contribution in [-0.2, 0) is 7.05 Å². The van der Waals surface area contributed by atoms with Gasteiger partial charge in [-0.15, -0.1) is 0 Å². The maximum atomic E-state index is 12.2. The second kappa shape index (κ2) is 4.68. The van der Waals surface area contributed by atoms with Gasteiger partial charge in [0.05, 0.1) is 5.02 Å². The van der Waals surface area contributed by atoms with E-state index in [4.69, 9.17) is 16.0 Å². The number of aromatic nitrogens is 2. The van der Waals surface area contributed by atoms with Gasteiger partial charge in [0.1, 0.15) is 11.2 Å². The standard InChI is InChI=1S/C14H12ClN3O2/c1-8-16-11-6-10(3-4-13(11)20-8)17-14(19)12-5-9(15)7-18(12)2/h3-7H,1-2H3,(H,17,19). The summed E-state index contributed by atoms with van der Waals surface area (Å²) < 4.78 is 7.07. The third-order valence-electron chi connectivity index (χ3n) is 2.96. The smallest absolute Gasteiger partial charge is 0.272 e. The van der Waals surface area contributed by atoms with Gasteiger partial charge >= 0.3 is 0 Å². The Kier molecular flexibility index (Phi) is 2.99. The summed E-state index contributed by atoms with van der Waals surface area (Å²) in [4.78, 5) is 16.4. The fourth-order valence-electron chi connectivity index (χ4n) is 2.07. The summed E-state index contributed by atoms with van der Waals surface area (Å²) in [5.74, 6) is 0.372. The zero-order valence-electron chi connectivity index (χ0n) is 11.0. The zero-order chi connectivity index (χ0) is 14.3. The number of anilines is 1. The SMILES string of the molecule is Cc1nc2cc(NC(=O)c3cc(Cl)cn3C)ccc2o1. The molecule has 0 radical (unpaired) electrons. The van der Waals surface area contributed by atoms with Crippen molar-refractivity contribution < 1.29 is 9.21 Å². The molecule has 0 aliphatic rings. The summed E-state index contributed by atoms with van der Waals surface area (Å²) in [6.45, 7) is 1.78. The van der Waals surface area contributed by atoms with Crippen LogP contribution in [0.3, 0.4) is 0 Å². The lowest BCUT2D eigenvalue weighted by molar-refractivity contribution is 0.101. The van der Waals surface area contributed by atoms with Gasteiger partial charge in [0.15, 0.2) is 11.5 Å². The van der Waals surface area contributed by atoms with E-state index in [1.165, 1.54) is 0 Å². The van der Waals surface area contributed by atoms with Gasteiger partial charge in [0, 0.05) is 25.9 Å². The minimum atomic E-state index is -0.223. The number of fused-ring (bicyclic) bond motifs is 1. The third-order valence-corrected chi connectivity index (χ3v) is 3.16. The van der Waals surface area contributed by atoms with E-state index in [1.807, 2.05) is 0 Å². The molecular weight excluding hydrogens is 278 g/mol. The molecule has 0 unspecified atom stereocenters. The topological polar surface area (TPSA) is 60.1 Å². The summed E-state index contributed by atoms with van der Waals surface area (Å²) >= 11 is 5.87. The van der Waals surface area contributed by atoms with E-state index < -0.39 is 0 Å². The van der Waals surface area contributed by atoms with Gasteiger partial charge in [-0.2, -0.15) is 0 Å². The zero-order valence-corrected chi connectivity index (χ0v) is 11.7. The first kappa shape index (κ1) is 12.7. The number of hydrogen-bond donors (Lipinski definition) is 1. The molecule has 102 valence electrons. The van der Waals surface area contributed by atoms with Crippen molar-refractivity contribution in [3.05, 3.63) is 47.1 Å². The van der Waals surface area contributed by atoms with Crippen molar-refractivity contribution in [3.8, 4) is 0 Å². The molecular formula is C14H12ClN3O2. The number of halogens is 1. The Bertz CT molecular complexity index is 804. The summed E-state index contributed by atoms with van der Waals surface area (Å²) in [5.41, 5.74) is 2.56. The van der Waals surface area contributed by atoms with Crippen LogP contribution in [0.25, 0.3) is 11.1 Å². The van der Waals surface area contributed by atoms with Gasteiger partial charge in [-0.25, -0.2) is 4.98 Å². The number of nitrogens with zero attached hydrogens (tertiary/aromatic N) is 2. The molecule has 0 fully saturated rings. The van der Waals surface area contributed by atoms with Crippen molar-refractivity contribution in [1.29, 1.82) is 0 Å². The Balaban J connectivity index is 1.88. The molecule has 0 aliphatic heterocycles. The lowest BCUT2D eigenvalue weighted by Gasteiger charge is -2.05. The number of nitrogens with one attached hydrogen (secondary N) is 1. The monoisotopic (exact) mass is 289 g/mol. The number of benzene rings is 1. The molecule has 2 heterocycles. The molecule has 3 aromatic rings. The fourth-order valence-corrected chi connectivity index (χ4v) is 2.32. The van der Waals surface area contributed by atoms with Crippen LogP contribution in [0.2, 0.25) is 5.02 Å². The Morgan fingerprint density at radius 1 is 1.40 bits per heavy atom. The van der Waals surface area contributed by atoms with Gasteiger partial charge < -0.3 is 14.3 Å². The highest BCUT2D eigenvalue weighted by atomic mass is 35.5. The number of hydrogen-bond acceptors (Lipinski definition) is 3. The van der Waals surface area contributed by atoms with Crippen LogP contribution in [-0.4, -0.2) is 15.5 Å². The van der Waals surface area contributed by atoms with E-state index in [1.54, 1.807) is 49.0 Å². The number of rotatable bonds is 2. The molecule has 6 heteroatoms. The Labute approximate surface area is 120 Å². The first-order valence-corrected chi connectivity index (χ1v) is 6.41. The van der Waals surface area contributed by atoms with Crippen LogP contribution >= 0.6 is 11.6 Å². The quantitative estimate of drug-likeness (QED) is 0.787. The van der Waals surface area contributed by atoms with E-state index in [9.17, 15) is 4.79 Å². The number of carbonyl (C=O) groups excluding carboxylic acids is 1. The van der Waals surface area contributed by atoms with Gasteiger partial charge in [0.25, 0.3) is 5.91 Å². The van der Waals surface area contributed by atoms with Crippen molar-refractivity contribution in [3.63, 3.8) is 0 Å². The molecule has 0 saturated heterocycles. The normalized spacial score (nSPS) is 10.9. The van der Waals surface area contributed by atoms with E-state index in [0.29, 0.717) is 33.4 Å². The maximum absolute atomic E-state index is 12.2. The fraction of sp³-hybridized carbons (Fsp3) is 0.143. The van der Waals surface area contributed by atoms with Crippen LogP contribution in [0, 0.1) is 6.92 Å². The third kappa shape index (κ3) is 2.28. The van der Waals surface area contributed by atoms with E-state index >= 15 is 0 Å². The first-order chi connectivity index (χ1) is 9.52. The van der Waals surface area contributed by atoms with E-state index in [2.05, 4.69) is 10.3 Å². The Morgan fingerprint density at radius 3 is 2.90 bits per heavy atom. The van der Waals surface area contributed by atoms with Crippen LogP contribution in [0.15, 0.2) is 34.9 Å².